The van der Waals surface area contributed by atoms with E-state index in [1.807, 2.05) is 13.0 Å². The van der Waals surface area contributed by atoms with E-state index in [4.69, 9.17) is 4.74 Å². The molecule has 1 aromatic heterocycles. The highest BCUT2D eigenvalue weighted by Gasteiger charge is 2.34. The third kappa shape index (κ3) is 1.71. The van der Waals surface area contributed by atoms with Crippen LogP contribution in [0.2, 0.25) is 0 Å². The van der Waals surface area contributed by atoms with Crippen LogP contribution in [0.15, 0.2) is 19.0 Å². The Morgan fingerprint density at radius 2 is 2.38 bits per heavy atom. The predicted octanol–water partition coefficient (Wildman–Crippen LogP) is 2.06. The van der Waals surface area contributed by atoms with Crippen molar-refractivity contribution in [1.29, 1.82) is 0 Å². The van der Waals surface area contributed by atoms with Gasteiger partial charge in [0.15, 0.2) is 0 Å². The molecule has 84 valence electrons. The molecule has 0 aliphatic heterocycles. The van der Waals surface area contributed by atoms with Gasteiger partial charge in [-0.15, -0.1) is 6.58 Å². The van der Waals surface area contributed by atoms with Crippen LogP contribution in [0, 0.1) is 6.92 Å². The molecule has 0 amide bonds. The normalized spacial score (nSPS) is 22.6. The van der Waals surface area contributed by atoms with Gasteiger partial charge in [0.05, 0.1) is 5.69 Å². The molecule has 1 aromatic rings. The first-order valence-corrected chi connectivity index (χ1v) is 5.24. The quantitative estimate of drug-likeness (QED) is 0.563. The third-order valence-corrected chi connectivity index (χ3v) is 2.85. The minimum absolute atomic E-state index is 0.181. The smallest absolute Gasteiger partial charge is 0.303 e. The fraction of sp³-hybridized carbons (Fsp3) is 0.417. The molecule has 0 radical (unpaired) electrons. The Bertz CT molecular complexity index is 443. The molecule has 2 rings (SSSR count). The lowest BCUT2D eigenvalue weighted by atomic mass is 10.0. The summed E-state index contributed by atoms with van der Waals surface area (Å²) in [5, 5.41) is 0. The number of allylic oxidation sites excluding steroid dienone is 1. The first-order valence-electron chi connectivity index (χ1n) is 5.24. The Morgan fingerprint density at radius 3 is 3.00 bits per heavy atom. The van der Waals surface area contributed by atoms with Crippen molar-refractivity contribution in [3.63, 3.8) is 0 Å². The zero-order valence-electron chi connectivity index (χ0n) is 9.43. The summed E-state index contributed by atoms with van der Waals surface area (Å²) in [6.45, 7) is 7.15. The monoisotopic (exact) mass is 218 g/mol. The lowest BCUT2D eigenvalue weighted by Crippen LogP contribution is -2.07. The van der Waals surface area contributed by atoms with Crippen molar-refractivity contribution >= 4 is 5.97 Å². The summed E-state index contributed by atoms with van der Waals surface area (Å²) in [5.74, 6) is -0.0996. The third-order valence-electron chi connectivity index (χ3n) is 2.85. The van der Waals surface area contributed by atoms with Crippen LogP contribution in [0.4, 0.5) is 0 Å². The molecule has 0 spiro atoms. The molecular weight excluding hydrogens is 204 g/mol. The summed E-state index contributed by atoms with van der Waals surface area (Å²) in [4.78, 5) is 19.4. The van der Waals surface area contributed by atoms with Gasteiger partial charge < -0.3 is 4.74 Å². The Morgan fingerprint density at radius 1 is 1.62 bits per heavy atom. The largest absolute Gasteiger partial charge is 0.456 e. The minimum Gasteiger partial charge on any atom is -0.456 e. The van der Waals surface area contributed by atoms with Crippen LogP contribution < -0.4 is 0 Å². The maximum Gasteiger partial charge on any atom is 0.303 e. The summed E-state index contributed by atoms with van der Waals surface area (Å²) >= 11 is 0. The van der Waals surface area contributed by atoms with Gasteiger partial charge in [0.25, 0.3) is 0 Å². The second-order valence-electron chi connectivity index (χ2n) is 3.93. The number of carbonyl (C=O) groups is 1. The van der Waals surface area contributed by atoms with Crippen molar-refractivity contribution in [3.05, 3.63) is 35.9 Å². The zero-order chi connectivity index (χ0) is 11.7. The van der Waals surface area contributed by atoms with Gasteiger partial charge in [-0.3, -0.25) is 4.79 Å². The highest BCUT2D eigenvalue weighted by atomic mass is 16.5. The standard InChI is InChI=1S/C12H14N2O2/c1-4-9-5-10(16-8(3)15)12-11(9)7(2)13-6-14-12/h4,6,9-10H,1,5H2,2-3H3/t9-,10?/m1/s1. The SMILES string of the molecule is C=C[C@@H]1CC(OC(C)=O)c2ncnc(C)c21. The maximum absolute atomic E-state index is 11.0. The van der Waals surface area contributed by atoms with Gasteiger partial charge in [0, 0.05) is 30.5 Å². The van der Waals surface area contributed by atoms with Gasteiger partial charge in [-0.1, -0.05) is 6.08 Å². The summed E-state index contributed by atoms with van der Waals surface area (Å²) in [6.07, 6.45) is 3.84. The van der Waals surface area contributed by atoms with E-state index in [0.29, 0.717) is 0 Å². The first kappa shape index (κ1) is 10.8. The summed E-state index contributed by atoms with van der Waals surface area (Å²) < 4.78 is 5.25. The number of nitrogens with zero attached hydrogens (tertiary/aromatic N) is 2. The molecule has 1 aliphatic rings. The summed E-state index contributed by atoms with van der Waals surface area (Å²) in [7, 11) is 0. The van der Waals surface area contributed by atoms with E-state index in [0.717, 1.165) is 23.4 Å². The van der Waals surface area contributed by atoms with Crippen LogP contribution in [0.25, 0.3) is 0 Å². The fourth-order valence-electron chi connectivity index (χ4n) is 2.20. The Labute approximate surface area is 94.4 Å². The lowest BCUT2D eigenvalue weighted by molar-refractivity contribution is -0.146. The van der Waals surface area contributed by atoms with Crippen molar-refractivity contribution < 1.29 is 9.53 Å². The molecule has 0 aromatic carbocycles. The number of aryl methyl sites for hydroxylation is 1. The fourth-order valence-corrected chi connectivity index (χ4v) is 2.20. The second kappa shape index (κ2) is 4.04. The number of hydrogen-bond donors (Lipinski definition) is 0. The molecular formula is C12H14N2O2. The number of rotatable bonds is 2. The molecule has 2 atom stereocenters. The topological polar surface area (TPSA) is 52.1 Å². The van der Waals surface area contributed by atoms with Crippen LogP contribution >= 0.6 is 0 Å². The molecule has 4 heteroatoms. The maximum atomic E-state index is 11.0. The molecule has 1 unspecified atom stereocenters. The lowest BCUT2D eigenvalue weighted by Gasteiger charge is -2.10. The zero-order valence-corrected chi connectivity index (χ0v) is 9.43. The second-order valence-corrected chi connectivity index (χ2v) is 3.93. The van der Waals surface area contributed by atoms with E-state index in [2.05, 4.69) is 16.5 Å². The van der Waals surface area contributed by atoms with E-state index in [-0.39, 0.29) is 18.0 Å². The molecule has 0 saturated carbocycles. The molecule has 1 aliphatic carbocycles. The average Bonchev–Trinajstić information content (AvgIpc) is 2.57. The van der Waals surface area contributed by atoms with Crippen LogP contribution in [-0.2, 0) is 9.53 Å². The number of carbonyl (C=O) groups excluding carboxylic acids is 1. The average molecular weight is 218 g/mol. The molecule has 0 N–H and O–H groups in total. The van der Waals surface area contributed by atoms with Crippen molar-refractivity contribution in [2.75, 3.05) is 0 Å². The van der Waals surface area contributed by atoms with E-state index in [1.165, 1.54) is 13.3 Å². The predicted molar refractivity (Wildman–Crippen MR) is 58.8 cm³/mol. The Hall–Kier alpha value is -1.71. The van der Waals surface area contributed by atoms with E-state index < -0.39 is 0 Å². The highest BCUT2D eigenvalue weighted by Crippen LogP contribution is 2.42. The number of ether oxygens (including phenoxy) is 1. The van der Waals surface area contributed by atoms with Gasteiger partial charge in [-0.2, -0.15) is 0 Å². The van der Waals surface area contributed by atoms with E-state index >= 15 is 0 Å². The number of aromatic nitrogens is 2. The van der Waals surface area contributed by atoms with Gasteiger partial charge in [0.2, 0.25) is 0 Å². The van der Waals surface area contributed by atoms with Gasteiger partial charge in [0.1, 0.15) is 12.4 Å². The Kier molecular flexibility index (Phi) is 2.73. The summed E-state index contributed by atoms with van der Waals surface area (Å²) in [6, 6.07) is 0. The Balaban J connectivity index is 2.42. The van der Waals surface area contributed by atoms with Crippen molar-refractivity contribution in [1.82, 2.24) is 9.97 Å². The molecule has 0 saturated heterocycles. The number of esters is 1. The van der Waals surface area contributed by atoms with Crippen molar-refractivity contribution in [2.45, 2.75) is 32.3 Å². The van der Waals surface area contributed by atoms with Gasteiger partial charge in [-0.25, -0.2) is 9.97 Å². The number of fused-ring (bicyclic) bond motifs is 1. The van der Waals surface area contributed by atoms with Crippen LogP contribution in [0.5, 0.6) is 0 Å². The van der Waals surface area contributed by atoms with Crippen LogP contribution in [0.1, 0.15) is 42.3 Å². The summed E-state index contributed by atoms with van der Waals surface area (Å²) in [5.41, 5.74) is 2.82. The molecule has 0 fully saturated rings. The van der Waals surface area contributed by atoms with Crippen LogP contribution in [-0.4, -0.2) is 15.9 Å². The molecule has 4 nitrogen and oxygen atoms in total. The first-order chi connectivity index (χ1) is 7.63. The van der Waals surface area contributed by atoms with Crippen LogP contribution in [0.3, 0.4) is 0 Å². The number of hydrogen-bond acceptors (Lipinski definition) is 4. The van der Waals surface area contributed by atoms with Crippen molar-refractivity contribution in [2.24, 2.45) is 0 Å². The molecule has 16 heavy (non-hydrogen) atoms. The molecule has 1 heterocycles. The highest BCUT2D eigenvalue weighted by molar-refractivity contribution is 5.66. The molecule has 0 bridgehead atoms. The van der Waals surface area contributed by atoms with E-state index in [1.54, 1.807) is 0 Å². The van der Waals surface area contributed by atoms with E-state index in [9.17, 15) is 4.79 Å². The van der Waals surface area contributed by atoms with Gasteiger partial charge in [-0.05, 0) is 6.92 Å². The van der Waals surface area contributed by atoms with Gasteiger partial charge >= 0.3 is 5.97 Å². The minimum atomic E-state index is -0.281. The van der Waals surface area contributed by atoms with Crippen molar-refractivity contribution in [3.8, 4) is 0 Å².